The van der Waals surface area contributed by atoms with Crippen LogP contribution in [0.5, 0.6) is 0 Å². The Bertz CT molecular complexity index is 153. The van der Waals surface area contributed by atoms with E-state index in [1.807, 2.05) is 0 Å². The molecule has 0 bridgehead atoms. The quantitative estimate of drug-likeness (QED) is 0.702. The lowest BCUT2D eigenvalue weighted by atomic mass is 9.91. The van der Waals surface area contributed by atoms with Gasteiger partial charge in [0.1, 0.15) is 0 Å². The molecule has 0 aromatic carbocycles. The minimum Gasteiger partial charge on any atom is -0.378 e. The van der Waals surface area contributed by atoms with Crippen molar-refractivity contribution in [2.45, 2.75) is 52.6 Å². The first kappa shape index (κ1) is 13.0. The van der Waals surface area contributed by atoms with E-state index in [1.165, 1.54) is 25.7 Å². The third-order valence-corrected chi connectivity index (χ3v) is 3.11. The third-order valence-electron chi connectivity index (χ3n) is 3.11. The summed E-state index contributed by atoms with van der Waals surface area (Å²) in [7, 11) is 0. The van der Waals surface area contributed by atoms with Crippen LogP contribution in [0, 0.1) is 11.8 Å². The van der Waals surface area contributed by atoms with Crippen molar-refractivity contribution in [3.05, 3.63) is 0 Å². The van der Waals surface area contributed by atoms with Crippen molar-refractivity contribution in [2.24, 2.45) is 11.8 Å². The van der Waals surface area contributed by atoms with Gasteiger partial charge in [-0.05, 0) is 50.6 Å². The van der Waals surface area contributed by atoms with Crippen LogP contribution in [0.4, 0.5) is 0 Å². The van der Waals surface area contributed by atoms with Gasteiger partial charge in [-0.3, -0.25) is 0 Å². The van der Waals surface area contributed by atoms with Gasteiger partial charge in [0.05, 0.1) is 6.10 Å². The molecule has 1 heterocycles. The highest BCUT2D eigenvalue weighted by Crippen LogP contribution is 2.23. The Hall–Kier alpha value is -0.0800. The van der Waals surface area contributed by atoms with Crippen molar-refractivity contribution in [3.8, 4) is 0 Å². The molecular weight excluding hydrogens is 186 g/mol. The first-order chi connectivity index (χ1) is 7.22. The molecule has 15 heavy (non-hydrogen) atoms. The number of nitrogens with one attached hydrogen (secondary N) is 1. The van der Waals surface area contributed by atoms with E-state index in [2.05, 4.69) is 26.1 Å². The molecule has 1 fully saturated rings. The molecule has 1 rings (SSSR count). The summed E-state index contributed by atoms with van der Waals surface area (Å²) in [4.78, 5) is 0. The summed E-state index contributed by atoms with van der Waals surface area (Å²) in [5.41, 5.74) is 0. The van der Waals surface area contributed by atoms with Crippen LogP contribution in [0.2, 0.25) is 0 Å². The molecule has 0 amide bonds. The van der Waals surface area contributed by atoms with Crippen LogP contribution in [-0.2, 0) is 4.74 Å². The molecular formula is C13H27NO. The molecule has 90 valence electrons. The van der Waals surface area contributed by atoms with Crippen molar-refractivity contribution in [1.29, 1.82) is 0 Å². The number of ether oxygens (including phenoxy) is 1. The SMILES string of the molecule is CCNCC(CC(C)C)CC1CCCO1. The van der Waals surface area contributed by atoms with Crippen molar-refractivity contribution in [3.63, 3.8) is 0 Å². The predicted molar refractivity (Wildman–Crippen MR) is 65.1 cm³/mol. The summed E-state index contributed by atoms with van der Waals surface area (Å²) in [5, 5.41) is 3.47. The highest BCUT2D eigenvalue weighted by molar-refractivity contribution is 4.73. The van der Waals surface area contributed by atoms with E-state index in [9.17, 15) is 0 Å². The van der Waals surface area contributed by atoms with Crippen LogP contribution >= 0.6 is 0 Å². The van der Waals surface area contributed by atoms with Gasteiger partial charge in [0.2, 0.25) is 0 Å². The van der Waals surface area contributed by atoms with E-state index < -0.39 is 0 Å². The Balaban J connectivity index is 2.26. The first-order valence-electron chi connectivity index (χ1n) is 6.54. The molecule has 0 saturated carbocycles. The number of hydrogen-bond acceptors (Lipinski definition) is 2. The van der Waals surface area contributed by atoms with Gasteiger partial charge in [0, 0.05) is 6.61 Å². The minimum absolute atomic E-state index is 0.549. The maximum absolute atomic E-state index is 5.72. The molecule has 2 nitrogen and oxygen atoms in total. The van der Waals surface area contributed by atoms with Crippen molar-refractivity contribution in [2.75, 3.05) is 19.7 Å². The van der Waals surface area contributed by atoms with Gasteiger partial charge < -0.3 is 10.1 Å². The molecule has 0 aliphatic carbocycles. The van der Waals surface area contributed by atoms with Gasteiger partial charge in [0.25, 0.3) is 0 Å². The standard InChI is InChI=1S/C13H27NO/c1-4-14-10-12(8-11(2)3)9-13-6-5-7-15-13/h11-14H,4-10H2,1-3H3. The smallest absolute Gasteiger partial charge is 0.0579 e. The van der Waals surface area contributed by atoms with Crippen LogP contribution in [0.3, 0.4) is 0 Å². The van der Waals surface area contributed by atoms with Gasteiger partial charge in [-0.25, -0.2) is 0 Å². The number of rotatable bonds is 7. The highest BCUT2D eigenvalue weighted by Gasteiger charge is 2.21. The van der Waals surface area contributed by atoms with E-state index in [1.54, 1.807) is 0 Å². The Kier molecular flexibility index (Phi) is 6.26. The average Bonchev–Trinajstić information content (AvgIpc) is 2.66. The van der Waals surface area contributed by atoms with Crippen molar-refractivity contribution in [1.82, 2.24) is 5.32 Å². The number of hydrogen-bond donors (Lipinski definition) is 1. The summed E-state index contributed by atoms with van der Waals surface area (Å²) in [5.74, 6) is 1.60. The lowest BCUT2D eigenvalue weighted by molar-refractivity contribution is 0.0860. The molecule has 2 heteroatoms. The van der Waals surface area contributed by atoms with Crippen molar-refractivity contribution >= 4 is 0 Å². The molecule has 1 aliphatic rings. The maximum Gasteiger partial charge on any atom is 0.0579 e. The van der Waals surface area contributed by atoms with E-state index in [-0.39, 0.29) is 0 Å². The molecule has 1 saturated heterocycles. The molecule has 0 aromatic heterocycles. The molecule has 2 unspecified atom stereocenters. The normalized spacial score (nSPS) is 23.6. The molecule has 0 radical (unpaired) electrons. The second-order valence-corrected chi connectivity index (χ2v) is 5.17. The predicted octanol–water partition coefficient (Wildman–Crippen LogP) is 2.83. The largest absolute Gasteiger partial charge is 0.378 e. The second kappa shape index (κ2) is 7.24. The zero-order chi connectivity index (χ0) is 11.1. The Morgan fingerprint density at radius 1 is 1.40 bits per heavy atom. The molecule has 0 aromatic rings. The zero-order valence-electron chi connectivity index (χ0n) is 10.6. The third kappa shape index (κ3) is 5.53. The average molecular weight is 213 g/mol. The van der Waals surface area contributed by atoms with Gasteiger partial charge in [-0.2, -0.15) is 0 Å². The lowest BCUT2D eigenvalue weighted by Crippen LogP contribution is -2.26. The fourth-order valence-corrected chi connectivity index (χ4v) is 2.48. The minimum atomic E-state index is 0.549. The Labute approximate surface area is 94.8 Å². The summed E-state index contributed by atoms with van der Waals surface area (Å²) < 4.78 is 5.72. The maximum atomic E-state index is 5.72. The summed E-state index contributed by atoms with van der Waals surface area (Å²) in [6, 6.07) is 0. The summed E-state index contributed by atoms with van der Waals surface area (Å²) >= 11 is 0. The van der Waals surface area contributed by atoms with E-state index in [0.29, 0.717) is 6.10 Å². The zero-order valence-corrected chi connectivity index (χ0v) is 10.6. The molecule has 1 N–H and O–H groups in total. The van der Waals surface area contributed by atoms with E-state index >= 15 is 0 Å². The van der Waals surface area contributed by atoms with Crippen LogP contribution in [-0.4, -0.2) is 25.8 Å². The van der Waals surface area contributed by atoms with Gasteiger partial charge in [-0.1, -0.05) is 20.8 Å². The van der Waals surface area contributed by atoms with Crippen molar-refractivity contribution < 1.29 is 4.74 Å². The molecule has 2 atom stereocenters. The monoisotopic (exact) mass is 213 g/mol. The van der Waals surface area contributed by atoms with E-state index in [0.717, 1.165) is 31.5 Å². The van der Waals surface area contributed by atoms with Gasteiger partial charge >= 0.3 is 0 Å². The lowest BCUT2D eigenvalue weighted by Gasteiger charge is -2.22. The van der Waals surface area contributed by atoms with Crippen LogP contribution in [0.25, 0.3) is 0 Å². The molecule has 0 spiro atoms. The summed E-state index contributed by atoms with van der Waals surface area (Å²) in [6.45, 7) is 10.0. The Morgan fingerprint density at radius 2 is 2.20 bits per heavy atom. The van der Waals surface area contributed by atoms with E-state index in [4.69, 9.17) is 4.74 Å². The topological polar surface area (TPSA) is 21.3 Å². The van der Waals surface area contributed by atoms with Crippen LogP contribution in [0.1, 0.15) is 46.5 Å². The fourth-order valence-electron chi connectivity index (χ4n) is 2.48. The first-order valence-corrected chi connectivity index (χ1v) is 6.54. The highest BCUT2D eigenvalue weighted by atomic mass is 16.5. The summed E-state index contributed by atoms with van der Waals surface area (Å²) in [6.07, 6.45) is 5.67. The second-order valence-electron chi connectivity index (χ2n) is 5.17. The van der Waals surface area contributed by atoms with Crippen LogP contribution < -0.4 is 5.32 Å². The fraction of sp³-hybridized carbons (Fsp3) is 1.00. The van der Waals surface area contributed by atoms with Gasteiger partial charge in [0.15, 0.2) is 0 Å². The molecule has 1 aliphatic heterocycles. The Morgan fingerprint density at radius 3 is 2.73 bits per heavy atom. The van der Waals surface area contributed by atoms with Crippen LogP contribution in [0.15, 0.2) is 0 Å². The van der Waals surface area contributed by atoms with Gasteiger partial charge in [-0.15, -0.1) is 0 Å².